The van der Waals surface area contributed by atoms with Gasteiger partial charge in [-0.25, -0.2) is 0 Å². The number of nitrogens with two attached hydrogens (primary N) is 2. The SMILES string of the molecule is CCCC(CN)Oc1c(Br)cc(C(C)(C)c2cc(Br)c(OC(CN)CCC)c(Br)c2)cc1Br. The van der Waals surface area contributed by atoms with E-state index in [2.05, 4.69) is 116 Å². The van der Waals surface area contributed by atoms with Crippen molar-refractivity contribution in [3.63, 3.8) is 0 Å². The fourth-order valence-corrected chi connectivity index (χ4v) is 6.41. The molecule has 2 aromatic rings. The molecule has 0 spiro atoms. The highest BCUT2D eigenvalue weighted by atomic mass is 79.9. The Labute approximate surface area is 232 Å². The number of hydrogen-bond donors (Lipinski definition) is 2. The van der Waals surface area contributed by atoms with Crippen LogP contribution < -0.4 is 20.9 Å². The number of hydrogen-bond acceptors (Lipinski definition) is 4. The summed E-state index contributed by atoms with van der Waals surface area (Å²) in [6.07, 6.45) is 3.87. The van der Waals surface area contributed by atoms with Gasteiger partial charge in [-0.2, -0.15) is 0 Å². The first kappa shape index (κ1) is 29.1. The van der Waals surface area contributed by atoms with Gasteiger partial charge in [-0.15, -0.1) is 0 Å². The van der Waals surface area contributed by atoms with Crippen LogP contribution in [0.5, 0.6) is 11.5 Å². The predicted molar refractivity (Wildman–Crippen MR) is 153 cm³/mol. The molecule has 0 saturated heterocycles. The van der Waals surface area contributed by atoms with Crippen LogP contribution in [0.3, 0.4) is 0 Å². The lowest BCUT2D eigenvalue weighted by atomic mass is 9.78. The lowest BCUT2D eigenvalue weighted by molar-refractivity contribution is 0.195. The van der Waals surface area contributed by atoms with E-state index in [-0.39, 0.29) is 17.6 Å². The van der Waals surface area contributed by atoms with Crippen LogP contribution in [0.2, 0.25) is 0 Å². The molecule has 2 unspecified atom stereocenters. The zero-order chi connectivity index (χ0) is 24.8. The molecule has 0 aliphatic rings. The van der Waals surface area contributed by atoms with Gasteiger partial charge in [-0.1, -0.05) is 40.5 Å². The monoisotopic (exact) mass is 710 g/mol. The van der Waals surface area contributed by atoms with E-state index in [0.29, 0.717) is 13.1 Å². The third kappa shape index (κ3) is 7.43. The van der Waals surface area contributed by atoms with E-state index in [1.54, 1.807) is 0 Å². The van der Waals surface area contributed by atoms with Crippen LogP contribution in [0.25, 0.3) is 0 Å². The van der Waals surface area contributed by atoms with Crippen LogP contribution in [-0.4, -0.2) is 25.3 Å². The highest BCUT2D eigenvalue weighted by Gasteiger charge is 2.28. The van der Waals surface area contributed by atoms with Crippen molar-refractivity contribution in [1.82, 2.24) is 0 Å². The largest absolute Gasteiger partial charge is 0.487 e. The summed E-state index contributed by atoms with van der Waals surface area (Å²) in [7, 11) is 0. The van der Waals surface area contributed by atoms with Crippen molar-refractivity contribution < 1.29 is 9.47 Å². The van der Waals surface area contributed by atoms with E-state index in [4.69, 9.17) is 20.9 Å². The van der Waals surface area contributed by atoms with Crippen molar-refractivity contribution in [2.45, 2.75) is 71.0 Å². The topological polar surface area (TPSA) is 70.5 Å². The maximum Gasteiger partial charge on any atom is 0.148 e. The van der Waals surface area contributed by atoms with Gasteiger partial charge in [0.1, 0.15) is 23.7 Å². The molecule has 184 valence electrons. The number of halogens is 4. The molecule has 0 aromatic heterocycles. The van der Waals surface area contributed by atoms with Crippen LogP contribution in [0, 0.1) is 0 Å². The Bertz CT molecular complexity index is 817. The number of rotatable bonds is 12. The van der Waals surface area contributed by atoms with Gasteiger partial charge < -0.3 is 20.9 Å². The minimum Gasteiger partial charge on any atom is -0.487 e. The van der Waals surface area contributed by atoms with Gasteiger partial charge in [0.05, 0.1) is 17.9 Å². The third-order valence-electron chi connectivity index (χ3n) is 5.76. The molecule has 2 atom stereocenters. The van der Waals surface area contributed by atoms with Crippen LogP contribution in [0.15, 0.2) is 42.2 Å². The number of benzene rings is 2. The molecule has 8 heteroatoms. The smallest absolute Gasteiger partial charge is 0.148 e. The molecule has 4 N–H and O–H groups in total. The van der Waals surface area contributed by atoms with Gasteiger partial charge in [0.2, 0.25) is 0 Å². The Morgan fingerprint density at radius 1 is 0.697 bits per heavy atom. The second-order valence-corrected chi connectivity index (χ2v) is 12.1. The minimum atomic E-state index is -0.277. The molecule has 0 saturated carbocycles. The van der Waals surface area contributed by atoms with Crippen molar-refractivity contribution in [2.24, 2.45) is 11.5 Å². The quantitative estimate of drug-likeness (QED) is 0.234. The molecular formula is C25H34Br4N2O2. The zero-order valence-electron chi connectivity index (χ0n) is 19.7. The molecule has 33 heavy (non-hydrogen) atoms. The van der Waals surface area contributed by atoms with Gasteiger partial charge in [-0.3, -0.25) is 0 Å². The van der Waals surface area contributed by atoms with Crippen molar-refractivity contribution in [3.05, 3.63) is 53.3 Å². The van der Waals surface area contributed by atoms with Crippen LogP contribution in [-0.2, 0) is 5.41 Å². The lowest BCUT2D eigenvalue weighted by Gasteiger charge is -2.29. The second kappa shape index (κ2) is 13.3. The van der Waals surface area contributed by atoms with E-state index in [1.807, 2.05) is 0 Å². The maximum absolute atomic E-state index is 6.20. The Hall–Kier alpha value is -0.120. The Morgan fingerprint density at radius 2 is 1.00 bits per heavy atom. The summed E-state index contributed by atoms with van der Waals surface area (Å²) < 4.78 is 16.0. The first-order valence-corrected chi connectivity index (χ1v) is 14.5. The Balaban J connectivity index is 2.39. The van der Waals surface area contributed by atoms with Crippen LogP contribution >= 0.6 is 63.7 Å². The maximum atomic E-state index is 6.20. The Kier molecular flexibility index (Phi) is 11.7. The van der Waals surface area contributed by atoms with E-state index >= 15 is 0 Å². The van der Waals surface area contributed by atoms with Gasteiger partial charge in [-0.05, 0) is 112 Å². The van der Waals surface area contributed by atoms with Crippen molar-refractivity contribution >= 4 is 63.7 Å². The summed E-state index contributed by atoms with van der Waals surface area (Å²) in [5.74, 6) is 1.57. The molecule has 0 bridgehead atoms. The summed E-state index contributed by atoms with van der Waals surface area (Å²) >= 11 is 14.9. The summed E-state index contributed by atoms with van der Waals surface area (Å²) in [4.78, 5) is 0. The fourth-order valence-electron chi connectivity index (χ4n) is 3.66. The van der Waals surface area contributed by atoms with Crippen molar-refractivity contribution in [2.75, 3.05) is 13.1 Å². The van der Waals surface area contributed by atoms with Crippen LogP contribution in [0.4, 0.5) is 0 Å². The standard InChI is InChI=1S/C25H34Br4N2O2/c1-5-7-17(13-30)32-23-19(26)9-15(10-20(23)27)25(3,4)16-11-21(28)24(22(29)12-16)33-18(14-31)8-6-2/h9-12,17-18H,5-8,13-14,30-31H2,1-4H3. The van der Waals surface area contributed by atoms with E-state index < -0.39 is 0 Å². The van der Waals surface area contributed by atoms with Crippen molar-refractivity contribution in [1.29, 1.82) is 0 Å². The molecule has 0 fully saturated rings. The molecule has 0 aliphatic heterocycles. The first-order chi connectivity index (χ1) is 15.6. The van der Waals surface area contributed by atoms with Gasteiger partial charge in [0.15, 0.2) is 0 Å². The normalized spacial score (nSPS) is 13.6. The second-order valence-electron chi connectivity index (χ2n) is 8.69. The average molecular weight is 714 g/mol. The van der Waals surface area contributed by atoms with Crippen molar-refractivity contribution in [3.8, 4) is 11.5 Å². The molecule has 4 nitrogen and oxygen atoms in total. The van der Waals surface area contributed by atoms with E-state index in [9.17, 15) is 0 Å². The highest BCUT2D eigenvalue weighted by molar-refractivity contribution is 9.11. The molecule has 2 aromatic carbocycles. The molecule has 2 rings (SSSR count). The average Bonchev–Trinajstić information content (AvgIpc) is 2.76. The van der Waals surface area contributed by atoms with Gasteiger partial charge >= 0.3 is 0 Å². The van der Waals surface area contributed by atoms with E-state index in [0.717, 1.165) is 66.2 Å². The molecule has 0 amide bonds. The first-order valence-electron chi connectivity index (χ1n) is 11.3. The summed E-state index contributed by atoms with van der Waals surface area (Å²) in [5, 5.41) is 0. The molecule has 0 aliphatic carbocycles. The Morgan fingerprint density at radius 3 is 1.24 bits per heavy atom. The summed E-state index contributed by atoms with van der Waals surface area (Å²) in [6.45, 7) is 9.65. The highest BCUT2D eigenvalue weighted by Crippen LogP contribution is 2.44. The van der Waals surface area contributed by atoms with Gasteiger partial charge in [0, 0.05) is 18.5 Å². The molecule has 0 radical (unpaired) electrons. The van der Waals surface area contributed by atoms with Crippen LogP contribution in [0.1, 0.15) is 64.5 Å². The molecular weight excluding hydrogens is 680 g/mol. The summed E-state index contributed by atoms with van der Waals surface area (Å²) in [5.41, 5.74) is 13.8. The zero-order valence-corrected chi connectivity index (χ0v) is 26.0. The summed E-state index contributed by atoms with van der Waals surface area (Å²) in [6, 6.07) is 8.49. The lowest BCUT2D eigenvalue weighted by Crippen LogP contribution is -2.27. The third-order valence-corrected chi connectivity index (χ3v) is 8.11. The fraction of sp³-hybridized carbons (Fsp3) is 0.520. The number of ether oxygens (including phenoxy) is 2. The predicted octanol–water partition coefficient (Wildman–Crippen LogP) is 8.07. The molecule has 0 heterocycles. The van der Waals surface area contributed by atoms with E-state index in [1.165, 1.54) is 0 Å². The minimum absolute atomic E-state index is 0.00836. The van der Waals surface area contributed by atoms with Gasteiger partial charge in [0.25, 0.3) is 0 Å².